The van der Waals surface area contributed by atoms with Gasteiger partial charge in [0.2, 0.25) is 0 Å². The lowest BCUT2D eigenvalue weighted by Gasteiger charge is -2.51. The Hall–Kier alpha value is -0.240. The van der Waals surface area contributed by atoms with Crippen LogP contribution in [0.25, 0.3) is 0 Å². The van der Waals surface area contributed by atoms with Gasteiger partial charge in [0.05, 0.1) is 25.4 Å². The molecular formula is C14H29NO5. The Labute approximate surface area is 121 Å². The monoisotopic (exact) mass is 291 g/mol. The van der Waals surface area contributed by atoms with Gasteiger partial charge in [-0.15, -0.1) is 0 Å². The molecule has 1 fully saturated rings. The van der Waals surface area contributed by atoms with Gasteiger partial charge in [-0.2, -0.15) is 5.06 Å². The molecule has 0 saturated carbocycles. The Kier molecular flexibility index (Phi) is 5.95. The van der Waals surface area contributed by atoms with Gasteiger partial charge in [0.1, 0.15) is 0 Å². The molecule has 1 saturated heterocycles. The summed E-state index contributed by atoms with van der Waals surface area (Å²) in [6.45, 7) is 9.29. The number of hydroxylamine groups is 2. The number of hydrogen-bond acceptors (Lipinski definition) is 6. The Balaban J connectivity index is 2.62. The fourth-order valence-corrected chi connectivity index (χ4v) is 2.87. The van der Waals surface area contributed by atoms with Gasteiger partial charge in [-0.25, -0.2) is 0 Å². The van der Waals surface area contributed by atoms with E-state index in [0.29, 0.717) is 12.8 Å². The van der Waals surface area contributed by atoms with Crippen LogP contribution in [-0.2, 0) is 9.47 Å². The van der Waals surface area contributed by atoms with Crippen molar-refractivity contribution in [2.75, 3.05) is 13.2 Å². The van der Waals surface area contributed by atoms with Gasteiger partial charge in [-0.3, -0.25) is 0 Å². The molecule has 6 nitrogen and oxygen atoms in total. The van der Waals surface area contributed by atoms with Crippen LogP contribution in [0.15, 0.2) is 0 Å². The maximum atomic E-state index is 10.2. The smallest absolute Gasteiger partial charge is 0.180 e. The van der Waals surface area contributed by atoms with Crippen molar-refractivity contribution in [3.05, 3.63) is 0 Å². The minimum atomic E-state index is -0.744. The first-order valence-corrected chi connectivity index (χ1v) is 7.13. The van der Waals surface area contributed by atoms with Crippen LogP contribution in [0.2, 0.25) is 0 Å². The van der Waals surface area contributed by atoms with Crippen LogP contribution >= 0.6 is 0 Å². The third-order valence-corrected chi connectivity index (χ3v) is 3.62. The lowest BCUT2D eigenvalue weighted by molar-refractivity contribution is -0.282. The Bertz CT molecular complexity index is 288. The average Bonchev–Trinajstić information content (AvgIpc) is 2.30. The van der Waals surface area contributed by atoms with Crippen LogP contribution < -0.4 is 0 Å². The fourth-order valence-electron chi connectivity index (χ4n) is 2.87. The maximum absolute atomic E-state index is 10.2. The molecular weight excluding hydrogens is 262 g/mol. The quantitative estimate of drug-likeness (QED) is 0.636. The summed E-state index contributed by atoms with van der Waals surface area (Å²) in [6, 6.07) is 0. The molecule has 0 aromatic heterocycles. The molecule has 0 amide bonds. The van der Waals surface area contributed by atoms with Crippen LogP contribution in [0.4, 0.5) is 0 Å². The Morgan fingerprint density at radius 3 is 2.10 bits per heavy atom. The lowest BCUT2D eigenvalue weighted by atomic mass is 9.80. The van der Waals surface area contributed by atoms with Crippen molar-refractivity contribution in [2.45, 2.75) is 77.0 Å². The predicted molar refractivity (Wildman–Crippen MR) is 74.4 cm³/mol. The zero-order valence-electron chi connectivity index (χ0n) is 13.2. The molecule has 0 aromatic carbocycles. The second kappa shape index (κ2) is 6.68. The average molecular weight is 291 g/mol. The van der Waals surface area contributed by atoms with E-state index in [2.05, 4.69) is 0 Å². The highest BCUT2D eigenvalue weighted by molar-refractivity contribution is 4.96. The number of aliphatic hydroxyl groups is 2. The molecule has 1 aliphatic heterocycles. The molecule has 0 aliphatic carbocycles. The van der Waals surface area contributed by atoms with E-state index >= 15 is 0 Å². The van der Waals surface area contributed by atoms with Gasteiger partial charge >= 0.3 is 0 Å². The minimum absolute atomic E-state index is 0.116. The Morgan fingerprint density at radius 1 is 1.20 bits per heavy atom. The van der Waals surface area contributed by atoms with E-state index in [9.17, 15) is 15.4 Å². The molecule has 2 unspecified atom stereocenters. The summed E-state index contributed by atoms with van der Waals surface area (Å²) in [5.74, 6) is 0. The SMILES string of the molecule is CC(O)COC(CO)OC1CC(C)(C)N(O)C(C)(C)C1. The van der Waals surface area contributed by atoms with E-state index in [0.717, 1.165) is 0 Å². The van der Waals surface area contributed by atoms with Crippen LogP contribution in [0, 0.1) is 0 Å². The van der Waals surface area contributed by atoms with Gasteiger partial charge in [0.25, 0.3) is 0 Å². The van der Waals surface area contributed by atoms with E-state index in [4.69, 9.17) is 9.47 Å². The zero-order valence-corrected chi connectivity index (χ0v) is 13.2. The van der Waals surface area contributed by atoms with Gasteiger partial charge < -0.3 is 24.9 Å². The largest absolute Gasteiger partial charge is 0.391 e. The van der Waals surface area contributed by atoms with E-state index in [1.54, 1.807) is 6.92 Å². The third kappa shape index (κ3) is 4.65. The van der Waals surface area contributed by atoms with Crippen LogP contribution in [0.5, 0.6) is 0 Å². The molecule has 20 heavy (non-hydrogen) atoms. The minimum Gasteiger partial charge on any atom is -0.391 e. The maximum Gasteiger partial charge on any atom is 0.180 e. The topological polar surface area (TPSA) is 82.4 Å². The molecule has 0 bridgehead atoms. The lowest BCUT2D eigenvalue weighted by Crippen LogP contribution is -2.61. The first-order chi connectivity index (χ1) is 9.08. The molecule has 1 rings (SSSR count). The number of aliphatic hydroxyl groups excluding tert-OH is 2. The number of rotatable bonds is 6. The van der Waals surface area contributed by atoms with Gasteiger partial charge in [0.15, 0.2) is 6.29 Å². The molecule has 0 aromatic rings. The highest BCUT2D eigenvalue weighted by Gasteiger charge is 2.46. The number of nitrogens with zero attached hydrogens (tertiary/aromatic N) is 1. The summed E-state index contributed by atoms with van der Waals surface area (Å²) in [4.78, 5) is 0. The number of hydrogen-bond donors (Lipinski definition) is 3. The summed E-state index contributed by atoms with van der Waals surface area (Å²) in [7, 11) is 0. The van der Waals surface area contributed by atoms with Crippen molar-refractivity contribution in [3.8, 4) is 0 Å². The molecule has 1 heterocycles. The van der Waals surface area contributed by atoms with Crippen molar-refractivity contribution in [1.82, 2.24) is 5.06 Å². The molecule has 2 atom stereocenters. The van der Waals surface area contributed by atoms with Gasteiger partial charge in [-0.05, 0) is 47.5 Å². The standard InChI is InChI=1S/C14H29NO5/c1-10(17)9-19-12(8-16)20-11-6-13(2,3)15(18)14(4,5)7-11/h10-12,16-18H,6-9H2,1-5H3. The normalized spacial score (nSPS) is 26.4. The van der Waals surface area contributed by atoms with Crippen molar-refractivity contribution in [2.24, 2.45) is 0 Å². The molecule has 0 spiro atoms. The molecule has 1 aliphatic rings. The van der Waals surface area contributed by atoms with E-state index in [-0.39, 0.29) is 19.3 Å². The first-order valence-electron chi connectivity index (χ1n) is 7.13. The van der Waals surface area contributed by atoms with Crippen LogP contribution in [-0.4, -0.2) is 63.3 Å². The Morgan fingerprint density at radius 2 is 1.70 bits per heavy atom. The van der Waals surface area contributed by atoms with E-state index in [1.807, 2.05) is 27.7 Å². The number of ether oxygens (including phenoxy) is 2. The molecule has 3 N–H and O–H groups in total. The second-order valence-corrected chi connectivity index (χ2v) is 6.90. The van der Waals surface area contributed by atoms with Crippen molar-refractivity contribution < 1.29 is 24.9 Å². The summed E-state index contributed by atoms with van der Waals surface area (Å²) < 4.78 is 11.1. The van der Waals surface area contributed by atoms with Crippen molar-refractivity contribution >= 4 is 0 Å². The van der Waals surface area contributed by atoms with Crippen molar-refractivity contribution in [3.63, 3.8) is 0 Å². The van der Waals surface area contributed by atoms with Crippen molar-refractivity contribution in [1.29, 1.82) is 0 Å². The predicted octanol–water partition coefficient (Wildman–Crippen LogP) is 1.13. The highest BCUT2D eigenvalue weighted by atomic mass is 16.7. The molecule has 0 radical (unpaired) electrons. The first kappa shape index (κ1) is 17.8. The molecule has 120 valence electrons. The van der Waals surface area contributed by atoms with Crippen LogP contribution in [0.3, 0.4) is 0 Å². The second-order valence-electron chi connectivity index (χ2n) is 6.90. The summed E-state index contributed by atoms with van der Waals surface area (Å²) in [5.41, 5.74) is -0.812. The number of piperidine rings is 1. The fraction of sp³-hybridized carbons (Fsp3) is 1.00. The van der Waals surface area contributed by atoms with E-state index < -0.39 is 23.5 Å². The summed E-state index contributed by atoms with van der Waals surface area (Å²) in [5, 5.41) is 30.1. The summed E-state index contributed by atoms with van der Waals surface area (Å²) in [6.07, 6.45) is -0.177. The molecule has 6 heteroatoms. The third-order valence-electron chi connectivity index (χ3n) is 3.62. The zero-order chi connectivity index (χ0) is 15.6. The highest BCUT2D eigenvalue weighted by Crippen LogP contribution is 2.38. The summed E-state index contributed by atoms with van der Waals surface area (Å²) >= 11 is 0. The van der Waals surface area contributed by atoms with Crippen LogP contribution in [0.1, 0.15) is 47.5 Å². The van der Waals surface area contributed by atoms with Gasteiger partial charge in [0, 0.05) is 11.1 Å². The van der Waals surface area contributed by atoms with Gasteiger partial charge in [-0.1, -0.05) is 0 Å². The van der Waals surface area contributed by atoms with E-state index in [1.165, 1.54) is 5.06 Å².